The largest absolute Gasteiger partial charge is 0.378 e. The van der Waals surface area contributed by atoms with Crippen molar-refractivity contribution < 1.29 is 14.2 Å². The van der Waals surface area contributed by atoms with Crippen LogP contribution in [-0.2, 0) is 9.09 Å². The van der Waals surface area contributed by atoms with Crippen molar-refractivity contribution in [3.05, 3.63) is 58.6 Å². The van der Waals surface area contributed by atoms with E-state index in [0.29, 0.717) is 28.6 Å². The standard InChI is InChI=1S/C25H35BrNO3P/c1-17(2)23-15-6-18(3)16-24(23)30-31(29,22-13-11-21(12-14-22)27(4)5)25(28)19-7-9-20(26)10-8-19/h7-14,17-18,23-25,28H,6,15-16H2,1-5H3/t18-,23+,24+,25-,31-/m0/s1. The Balaban J connectivity index is 2.02. The van der Waals surface area contributed by atoms with Crippen molar-refractivity contribution in [1.29, 1.82) is 0 Å². The molecule has 2 aromatic carbocycles. The van der Waals surface area contributed by atoms with E-state index in [4.69, 9.17) is 4.52 Å². The molecule has 0 saturated heterocycles. The molecule has 170 valence electrons. The van der Waals surface area contributed by atoms with Crippen molar-refractivity contribution in [2.24, 2.45) is 17.8 Å². The molecule has 0 aliphatic heterocycles. The third-order valence-corrected chi connectivity index (χ3v) is 9.54. The first-order chi connectivity index (χ1) is 14.6. The second-order valence-corrected chi connectivity index (χ2v) is 12.7. The molecule has 31 heavy (non-hydrogen) atoms. The van der Waals surface area contributed by atoms with Crippen LogP contribution in [-0.4, -0.2) is 25.3 Å². The molecule has 5 atom stereocenters. The lowest BCUT2D eigenvalue weighted by atomic mass is 9.75. The summed E-state index contributed by atoms with van der Waals surface area (Å²) in [6.45, 7) is 6.65. The monoisotopic (exact) mass is 507 g/mol. The molecule has 1 N–H and O–H groups in total. The van der Waals surface area contributed by atoms with Crippen molar-refractivity contribution >= 4 is 34.3 Å². The van der Waals surface area contributed by atoms with E-state index in [2.05, 4.69) is 36.7 Å². The maximum absolute atomic E-state index is 14.5. The number of hydrogen-bond donors (Lipinski definition) is 1. The quantitative estimate of drug-likeness (QED) is 0.429. The molecule has 0 radical (unpaired) electrons. The van der Waals surface area contributed by atoms with Crippen LogP contribution in [0.25, 0.3) is 0 Å². The van der Waals surface area contributed by atoms with Gasteiger partial charge in [-0.2, -0.15) is 0 Å². The molecule has 1 saturated carbocycles. The molecule has 0 aromatic heterocycles. The summed E-state index contributed by atoms with van der Waals surface area (Å²) in [4.78, 5) is 2.00. The van der Waals surface area contributed by atoms with Gasteiger partial charge in [-0.05, 0) is 72.6 Å². The molecule has 3 rings (SSSR count). The molecule has 1 fully saturated rings. The van der Waals surface area contributed by atoms with Gasteiger partial charge in [-0.25, -0.2) is 0 Å². The molecular weight excluding hydrogens is 473 g/mol. The third-order valence-electron chi connectivity index (χ3n) is 6.47. The minimum atomic E-state index is -3.60. The minimum Gasteiger partial charge on any atom is -0.378 e. The first-order valence-corrected chi connectivity index (χ1v) is 13.6. The maximum Gasteiger partial charge on any atom is 0.264 e. The normalized spacial score (nSPS) is 24.6. The van der Waals surface area contributed by atoms with Crippen LogP contribution in [0.2, 0.25) is 0 Å². The molecule has 0 spiro atoms. The highest BCUT2D eigenvalue weighted by molar-refractivity contribution is 9.10. The number of benzene rings is 2. The Bertz CT molecular complexity index is 898. The summed E-state index contributed by atoms with van der Waals surface area (Å²) < 4.78 is 22.0. The first kappa shape index (κ1) is 24.5. The van der Waals surface area contributed by atoms with Crippen LogP contribution in [0.5, 0.6) is 0 Å². The Morgan fingerprint density at radius 1 is 1.06 bits per heavy atom. The zero-order chi connectivity index (χ0) is 22.8. The number of aliphatic hydroxyl groups is 1. The average molecular weight is 508 g/mol. The Morgan fingerprint density at radius 2 is 1.68 bits per heavy atom. The van der Waals surface area contributed by atoms with Gasteiger partial charge in [0.15, 0.2) is 5.85 Å². The molecule has 2 aromatic rings. The number of aliphatic hydroxyl groups excluding tert-OH is 1. The summed E-state index contributed by atoms with van der Waals surface area (Å²) in [7, 11) is 0.341. The van der Waals surface area contributed by atoms with E-state index in [-0.39, 0.29) is 6.10 Å². The summed E-state index contributed by atoms with van der Waals surface area (Å²) in [5, 5.41) is 11.9. The van der Waals surface area contributed by atoms with Crippen molar-refractivity contribution in [3.8, 4) is 0 Å². The zero-order valence-electron chi connectivity index (χ0n) is 19.2. The lowest BCUT2D eigenvalue weighted by molar-refractivity contribution is 0.0427. The van der Waals surface area contributed by atoms with Gasteiger partial charge in [-0.15, -0.1) is 0 Å². The third kappa shape index (κ3) is 5.63. The summed E-state index contributed by atoms with van der Waals surface area (Å²) in [5.41, 5.74) is 1.62. The van der Waals surface area contributed by atoms with E-state index >= 15 is 0 Å². The predicted octanol–water partition coefficient (Wildman–Crippen LogP) is 6.59. The van der Waals surface area contributed by atoms with Crippen LogP contribution in [0.3, 0.4) is 0 Å². The van der Waals surface area contributed by atoms with E-state index < -0.39 is 13.2 Å². The molecule has 0 bridgehead atoms. The summed E-state index contributed by atoms with van der Waals surface area (Å²) >= 11 is 3.43. The van der Waals surface area contributed by atoms with Crippen LogP contribution in [0, 0.1) is 17.8 Å². The van der Waals surface area contributed by atoms with E-state index in [1.54, 1.807) is 0 Å². The second kappa shape index (κ2) is 10.2. The van der Waals surface area contributed by atoms with Crippen molar-refractivity contribution in [2.75, 3.05) is 19.0 Å². The number of rotatable bonds is 7. The van der Waals surface area contributed by atoms with Crippen LogP contribution in [0.15, 0.2) is 53.0 Å². The number of anilines is 1. The lowest BCUT2D eigenvalue weighted by Crippen LogP contribution is -2.35. The van der Waals surface area contributed by atoms with Gasteiger partial charge in [-0.3, -0.25) is 4.57 Å². The van der Waals surface area contributed by atoms with Gasteiger partial charge in [0.25, 0.3) is 7.37 Å². The molecule has 1 aliphatic rings. The van der Waals surface area contributed by atoms with E-state index in [0.717, 1.165) is 23.0 Å². The van der Waals surface area contributed by atoms with Crippen LogP contribution < -0.4 is 10.2 Å². The fraction of sp³-hybridized carbons (Fsp3) is 0.520. The average Bonchev–Trinajstić information content (AvgIpc) is 2.73. The van der Waals surface area contributed by atoms with E-state index in [9.17, 15) is 9.67 Å². The van der Waals surface area contributed by atoms with E-state index in [1.807, 2.05) is 67.5 Å². The Kier molecular flexibility index (Phi) is 8.07. The first-order valence-electron chi connectivity index (χ1n) is 11.1. The number of halogens is 1. The van der Waals surface area contributed by atoms with Crippen LogP contribution in [0.1, 0.15) is 51.4 Å². The topological polar surface area (TPSA) is 49.8 Å². The Morgan fingerprint density at radius 3 is 2.23 bits per heavy atom. The van der Waals surface area contributed by atoms with Gasteiger partial charge < -0.3 is 14.5 Å². The van der Waals surface area contributed by atoms with E-state index in [1.165, 1.54) is 6.42 Å². The molecule has 0 amide bonds. The molecule has 4 nitrogen and oxygen atoms in total. The maximum atomic E-state index is 14.5. The minimum absolute atomic E-state index is 0.131. The fourth-order valence-electron chi connectivity index (χ4n) is 4.49. The summed E-state index contributed by atoms with van der Waals surface area (Å²) in [6.07, 6.45) is 2.97. The highest BCUT2D eigenvalue weighted by Gasteiger charge is 2.42. The highest BCUT2D eigenvalue weighted by Crippen LogP contribution is 2.60. The summed E-state index contributed by atoms with van der Waals surface area (Å²) in [5.74, 6) is 0.0832. The van der Waals surface area contributed by atoms with Crippen molar-refractivity contribution in [2.45, 2.75) is 52.0 Å². The van der Waals surface area contributed by atoms with Crippen molar-refractivity contribution in [1.82, 2.24) is 0 Å². The number of hydrogen-bond acceptors (Lipinski definition) is 4. The SMILES string of the molecule is CC(C)[C@H]1CC[C@H](C)C[C@H]1O[P@@](=O)(c1ccc(N(C)C)cc1)[C@H](O)c1ccc(Br)cc1. The van der Waals surface area contributed by atoms with Crippen molar-refractivity contribution in [3.63, 3.8) is 0 Å². The zero-order valence-corrected chi connectivity index (χ0v) is 21.6. The van der Waals surface area contributed by atoms with Gasteiger partial charge >= 0.3 is 0 Å². The van der Waals surface area contributed by atoms with Gasteiger partial charge in [0.05, 0.1) is 6.10 Å². The highest BCUT2D eigenvalue weighted by atomic mass is 79.9. The molecule has 1 aliphatic carbocycles. The Labute approximate surface area is 195 Å². The molecule has 0 unspecified atom stereocenters. The number of nitrogens with zero attached hydrogens (tertiary/aromatic N) is 1. The fourth-order valence-corrected chi connectivity index (χ4v) is 7.04. The van der Waals surface area contributed by atoms with Gasteiger partial charge in [-0.1, -0.05) is 55.3 Å². The van der Waals surface area contributed by atoms with Gasteiger partial charge in [0, 0.05) is 29.6 Å². The van der Waals surface area contributed by atoms with Crippen LogP contribution in [0.4, 0.5) is 5.69 Å². The van der Waals surface area contributed by atoms with Crippen LogP contribution >= 0.6 is 23.3 Å². The smallest absolute Gasteiger partial charge is 0.264 e. The van der Waals surface area contributed by atoms with Gasteiger partial charge in [0.2, 0.25) is 0 Å². The molecule has 0 heterocycles. The lowest BCUT2D eigenvalue weighted by Gasteiger charge is -2.40. The summed E-state index contributed by atoms with van der Waals surface area (Å²) in [6, 6.07) is 14.9. The Hall–Kier alpha value is -1.13. The molecular formula is C25H35BrNO3P. The molecule has 6 heteroatoms. The predicted molar refractivity (Wildman–Crippen MR) is 133 cm³/mol. The second-order valence-electron chi connectivity index (χ2n) is 9.40. The van der Waals surface area contributed by atoms with Gasteiger partial charge in [0.1, 0.15) is 0 Å².